The molecule has 0 aliphatic rings. The van der Waals surface area contributed by atoms with Crippen LogP contribution in [-0.4, -0.2) is 5.11 Å². The van der Waals surface area contributed by atoms with Gasteiger partial charge < -0.3 is 6.53 Å². The Morgan fingerprint density at radius 2 is 1.58 bits per heavy atom. The zero-order valence-electron chi connectivity index (χ0n) is 7.99. The minimum Gasteiger partial charge on any atom is -1.00 e. The average Bonchev–Trinajstić information content (AvgIpc) is 2.04. The number of fused-ring (bicyclic) bond motifs is 1. The van der Waals surface area contributed by atoms with Crippen LogP contribution in [0.25, 0.3) is 10.8 Å². The maximum Gasteiger partial charge on any atom is 1.00 e. The van der Waals surface area contributed by atoms with E-state index in [0.717, 1.165) is 10.8 Å². The summed E-state index contributed by atoms with van der Waals surface area (Å²) in [6, 6.07) is 13.3. The van der Waals surface area contributed by atoms with E-state index in [4.69, 9.17) is 5.11 Å². The van der Waals surface area contributed by atoms with Gasteiger partial charge in [0, 0.05) is 0 Å². The molecule has 0 aromatic heterocycles. The Morgan fingerprint density at radius 1 is 0.917 bits per heavy atom. The van der Waals surface area contributed by atoms with E-state index in [1.54, 1.807) is 12.1 Å². The molecule has 0 radical (unpaired) electrons. The summed E-state index contributed by atoms with van der Waals surface area (Å²) in [6.07, 6.45) is 0. The molecule has 1 N–H and O–H groups in total. The standard InChI is InChI=1S/C10H8O.Cs.H/c11-10-6-5-8-3-1-2-4-9(8)7-10;;/h1-7,11H;;/q;+1;-1. The van der Waals surface area contributed by atoms with Crippen molar-refractivity contribution in [2.75, 3.05) is 0 Å². The zero-order valence-corrected chi connectivity index (χ0v) is 13.3. The van der Waals surface area contributed by atoms with E-state index in [0.29, 0.717) is 5.75 Å². The number of phenols is 1. The number of aromatic hydroxyl groups is 1. The normalized spacial score (nSPS) is 9.33. The molecule has 2 aromatic rings. The van der Waals surface area contributed by atoms with Crippen LogP contribution in [0, 0.1) is 0 Å². The minimum absolute atomic E-state index is 0. The first-order chi connectivity index (χ1) is 5.36. The van der Waals surface area contributed by atoms with Crippen molar-refractivity contribution in [1.82, 2.24) is 0 Å². The van der Waals surface area contributed by atoms with Crippen molar-refractivity contribution >= 4 is 10.8 Å². The first-order valence-corrected chi connectivity index (χ1v) is 3.54. The molecule has 0 unspecified atom stereocenters. The summed E-state index contributed by atoms with van der Waals surface area (Å²) in [5, 5.41) is 11.4. The molecule has 2 aromatic carbocycles. The smallest absolute Gasteiger partial charge is 1.00 e. The Balaban J connectivity index is 0.000000720. The van der Waals surface area contributed by atoms with Crippen LogP contribution in [0.5, 0.6) is 5.75 Å². The molecule has 0 atom stereocenters. The second-order valence-corrected chi connectivity index (χ2v) is 2.53. The maximum absolute atomic E-state index is 9.13. The number of hydrogen-bond acceptors (Lipinski definition) is 1. The quantitative estimate of drug-likeness (QED) is 0.699. The van der Waals surface area contributed by atoms with Crippen LogP contribution in [-0.2, 0) is 0 Å². The van der Waals surface area contributed by atoms with Gasteiger partial charge in [-0.25, -0.2) is 0 Å². The van der Waals surface area contributed by atoms with Crippen molar-refractivity contribution in [1.29, 1.82) is 0 Å². The number of benzene rings is 2. The molecule has 0 bridgehead atoms. The van der Waals surface area contributed by atoms with Crippen LogP contribution in [0.4, 0.5) is 0 Å². The molecule has 0 aliphatic heterocycles. The molecule has 0 heterocycles. The third-order valence-electron chi connectivity index (χ3n) is 1.73. The Bertz CT molecular complexity index is 389. The van der Waals surface area contributed by atoms with Gasteiger partial charge in [0.05, 0.1) is 0 Å². The monoisotopic (exact) mass is 278 g/mol. The SMILES string of the molecule is Oc1ccc2ccccc2c1.[Cs+].[H-]. The summed E-state index contributed by atoms with van der Waals surface area (Å²) in [4.78, 5) is 0. The van der Waals surface area contributed by atoms with Gasteiger partial charge in [-0.15, -0.1) is 0 Å². The Hall–Kier alpha value is 0.552. The van der Waals surface area contributed by atoms with Crippen LogP contribution in [0.15, 0.2) is 42.5 Å². The average molecular weight is 278 g/mol. The van der Waals surface area contributed by atoms with Crippen LogP contribution in [0.3, 0.4) is 0 Å². The molecule has 56 valence electrons. The first-order valence-electron chi connectivity index (χ1n) is 3.54. The predicted octanol–water partition coefficient (Wildman–Crippen LogP) is -0.338. The molecule has 12 heavy (non-hydrogen) atoms. The molecule has 2 heteroatoms. The minimum atomic E-state index is 0. The molecule has 0 spiro atoms. The molecule has 0 saturated heterocycles. The number of hydrogen-bond donors (Lipinski definition) is 1. The van der Waals surface area contributed by atoms with E-state index in [1.807, 2.05) is 30.3 Å². The van der Waals surface area contributed by atoms with Crippen molar-refractivity contribution in [2.24, 2.45) is 0 Å². The molecular weight excluding hydrogens is 269 g/mol. The molecular formula is C10H9CsO. The topological polar surface area (TPSA) is 20.2 Å². The van der Waals surface area contributed by atoms with Gasteiger partial charge >= 0.3 is 68.9 Å². The second-order valence-electron chi connectivity index (χ2n) is 2.53. The summed E-state index contributed by atoms with van der Waals surface area (Å²) in [5.41, 5.74) is 0. The summed E-state index contributed by atoms with van der Waals surface area (Å²) in [6.45, 7) is 0. The van der Waals surface area contributed by atoms with E-state index >= 15 is 0 Å². The fourth-order valence-electron chi connectivity index (χ4n) is 1.18. The van der Waals surface area contributed by atoms with Gasteiger partial charge in [-0.05, 0) is 22.9 Å². The third-order valence-corrected chi connectivity index (χ3v) is 1.73. The molecule has 2 rings (SSSR count). The second kappa shape index (κ2) is 4.69. The first kappa shape index (κ1) is 10.6. The van der Waals surface area contributed by atoms with Gasteiger partial charge in [-0.2, -0.15) is 0 Å². The van der Waals surface area contributed by atoms with E-state index in [-0.39, 0.29) is 70.3 Å². The third kappa shape index (κ3) is 2.28. The molecule has 0 fully saturated rings. The van der Waals surface area contributed by atoms with Gasteiger partial charge in [0.2, 0.25) is 0 Å². The van der Waals surface area contributed by atoms with Crippen molar-refractivity contribution in [3.05, 3.63) is 42.5 Å². The Kier molecular flexibility index (Phi) is 4.16. The summed E-state index contributed by atoms with van der Waals surface area (Å²) in [5.74, 6) is 0.323. The van der Waals surface area contributed by atoms with E-state index in [1.165, 1.54) is 0 Å². The van der Waals surface area contributed by atoms with Crippen molar-refractivity contribution in [3.8, 4) is 5.75 Å². The van der Waals surface area contributed by atoms with E-state index in [9.17, 15) is 0 Å². The summed E-state index contributed by atoms with van der Waals surface area (Å²) >= 11 is 0. The van der Waals surface area contributed by atoms with Crippen molar-refractivity contribution in [3.63, 3.8) is 0 Å². The van der Waals surface area contributed by atoms with Crippen LogP contribution in [0.2, 0.25) is 0 Å². The zero-order chi connectivity index (χ0) is 7.68. The van der Waals surface area contributed by atoms with Crippen LogP contribution >= 0.6 is 0 Å². The molecule has 0 saturated carbocycles. The van der Waals surface area contributed by atoms with Crippen molar-refractivity contribution in [2.45, 2.75) is 0 Å². The molecule has 1 nitrogen and oxygen atoms in total. The summed E-state index contributed by atoms with van der Waals surface area (Å²) < 4.78 is 0. The Labute approximate surface area is 132 Å². The number of phenolic OH excluding ortho intramolecular Hbond substituents is 1. The van der Waals surface area contributed by atoms with Crippen LogP contribution in [0.1, 0.15) is 1.43 Å². The maximum atomic E-state index is 9.13. The van der Waals surface area contributed by atoms with Crippen molar-refractivity contribution < 1.29 is 75.4 Å². The molecule has 0 aliphatic carbocycles. The van der Waals surface area contributed by atoms with Gasteiger partial charge in [0.25, 0.3) is 0 Å². The van der Waals surface area contributed by atoms with Gasteiger partial charge in [0.15, 0.2) is 0 Å². The number of rotatable bonds is 0. The molecule has 0 amide bonds. The summed E-state index contributed by atoms with van der Waals surface area (Å²) in [7, 11) is 0. The van der Waals surface area contributed by atoms with E-state index in [2.05, 4.69) is 0 Å². The fourth-order valence-corrected chi connectivity index (χ4v) is 1.18. The predicted molar refractivity (Wildman–Crippen MR) is 46.7 cm³/mol. The largest absolute Gasteiger partial charge is 1.00 e. The van der Waals surface area contributed by atoms with Gasteiger partial charge in [-0.1, -0.05) is 30.3 Å². The van der Waals surface area contributed by atoms with Crippen LogP contribution < -0.4 is 68.9 Å². The fraction of sp³-hybridized carbons (Fsp3) is 0. The van der Waals surface area contributed by atoms with E-state index < -0.39 is 0 Å². The van der Waals surface area contributed by atoms with Gasteiger partial charge in [0.1, 0.15) is 5.75 Å². The Morgan fingerprint density at radius 3 is 2.33 bits per heavy atom. The van der Waals surface area contributed by atoms with Gasteiger partial charge in [-0.3, -0.25) is 0 Å².